The third-order valence-electron chi connectivity index (χ3n) is 3.45. The molecule has 1 aromatic carbocycles. The largest absolute Gasteiger partial charge is 0.355 e. The SMILES string of the molecule is CN=C(NCCS(C)(=O)=O)NCC1(Sc2ccccc2)CC1.I. The van der Waals surface area contributed by atoms with Crippen molar-refractivity contribution in [2.24, 2.45) is 4.99 Å². The lowest BCUT2D eigenvalue weighted by atomic mass is 10.4. The summed E-state index contributed by atoms with van der Waals surface area (Å²) in [5.74, 6) is 0.765. The van der Waals surface area contributed by atoms with Crippen molar-refractivity contribution in [3.63, 3.8) is 0 Å². The molecule has 1 fully saturated rings. The molecule has 0 amide bonds. The predicted molar refractivity (Wildman–Crippen MR) is 109 cm³/mol. The number of hydrogen-bond donors (Lipinski definition) is 2. The van der Waals surface area contributed by atoms with Crippen LogP contribution >= 0.6 is 35.7 Å². The molecule has 1 saturated carbocycles. The Hall–Kier alpha value is -0.480. The van der Waals surface area contributed by atoms with Crippen LogP contribution in [0.25, 0.3) is 0 Å². The van der Waals surface area contributed by atoms with Gasteiger partial charge in [-0.05, 0) is 25.0 Å². The van der Waals surface area contributed by atoms with Gasteiger partial charge in [0.1, 0.15) is 9.84 Å². The summed E-state index contributed by atoms with van der Waals surface area (Å²) in [4.78, 5) is 5.42. The number of rotatable bonds is 7. The van der Waals surface area contributed by atoms with E-state index in [1.165, 1.54) is 24.0 Å². The lowest BCUT2D eigenvalue weighted by Crippen LogP contribution is -2.42. The fraction of sp³-hybridized carbons (Fsp3) is 0.533. The number of nitrogens with zero attached hydrogens (tertiary/aromatic N) is 1. The Bertz CT molecular complexity index is 617. The van der Waals surface area contributed by atoms with E-state index in [4.69, 9.17) is 0 Å². The highest BCUT2D eigenvalue weighted by molar-refractivity contribution is 14.0. The minimum atomic E-state index is -2.95. The number of sulfone groups is 1. The lowest BCUT2D eigenvalue weighted by Gasteiger charge is -2.18. The van der Waals surface area contributed by atoms with Crippen molar-refractivity contribution in [3.8, 4) is 0 Å². The zero-order valence-electron chi connectivity index (χ0n) is 13.4. The van der Waals surface area contributed by atoms with Gasteiger partial charge in [-0.2, -0.15) is 0 Å². The third-order valence-corrected chi connectivity index (χ3v) is 5.89. The van der Waals surface area contributed by atoms with Gasteiger partial charge in [0.2, 0.25) is 0 Å². The number of thioether (sulfide) groups is 1. The van der Waals surface area contributed by atoms with Crippen LogP contribution in [0.5, 0.6) is 0 Å². The van der Waals surface area contributed by atoms with E-state index in [1.807, 2.05) is 17.8 Å². The van der Waals surface area contributed by atoms with Crippen LogP contribution in [0.2, 0.25) is 0 Å². The van der Waals surface area contributed by atoms with Crippen LogP contribution in [-0.2, 0) is 9.84 Å². The van der Waals surface area contributed by atoms with Crippen molar-refractivity contribution in [1.29, 1.82) is 0 Å². The molecule has 130 valence electrons. The van der Waals surface area contributed by atoms with Crippen LogP contribution in [0, 0.1) is 0 Å². The summed E-state index contributed by atoms with van der Waals surface area (Å²) in [7, 11) is -1.25. The van der Waals surface area contributed by atoms with Crippen molar-refractivity contribution < 1.29 is 8.42 Å². The Morgan fingerprint density at radius 2 is 1.91 bits per heavy atom. The predicted octanol–water partition coefficient (Wildman–Crippen LogP) is 2.14. The minimum absolute atomic E-state index is 0. The van der Waals surface area contributed by atoms with E-state index < -0.39 is 9.84 Å². The molecule has 0 unspecified atom stereocenters. The van der Waals surface area contributed by atoms with Crippen LogP contribution in [-0.4, -0.2) is 51.3 Å². The summed E-state index contributed by atoms with van der Waals surface area (Å²) in [5.41, 5.74) is 0. The number of nitrogens with one attached hydrogen (secondary N) is 2. The molecule has 0 bridgehead atoms. The van der Waals surface area contributed by atoms with Gasteiger partial charge in [-0.15, -0.1) is 35.7 Å². The van der Waals surface area contributed by atoms with E-state index in [0.29, 0.717) is 12.5 Å². The minimum Gasteiger partial charge on any atom is -0.355 e. The summed E-state index contributed by atoms with van der Waals surface area (Å²) in [6, 6.07) is 10.4. The molecule has 0 aliphatic heterocycles. The van der Waals surface area contributed by atoms with Crippen molar-refractivity contribution >= 4 is 51.5 Å². The second-order valence-corrected chi connectivity index (χ2v) is 9.38. The summed E-state index contributed by atoms with van der Waals surface area (Å²) in [6.45, 7) is 1.20. The number of benzene rings is 1. The average molecular weight is 469 g/mol. The fourth-order valence-electron chi connectivity index (χ4n) is 2.01. The van der Waals surface area contributed by atoms with Crippen molar-refractivity contribution in [1.82, 2.24) is 10.6 Å². The molecule has 0 saturated heterocycles. The van der Waals surface area contributed by atoms with Gasteiger partial charge >= 0.3 is 0 Å². The van der Waals surface area contributed by atoms with Crippen LogP contribution in [0.1, 0.15) is 12.8 Å². The van der Waals surface area contributed by atoms with Crippen molar-refractivity contribution in [2.45, 2.75) is 22.5 Å². The summed E-state index contributed by atoms with van der Waals surface area (Å²) >= 11 is 1.90. The van der Waals surface area contributed by atoms with Crippen LogP contribution in [0.3, 0.4) is 0 Å². The smallest absolute Gasteiger partial charge is 0.191 e. The number of hydrogen-bond acceptors (Lipinski definition) is 4. The maximum atomic E-state index is 11.1. The van der Waals surface area contributed by atoms with Gasteiger partial charge in [-0.25, -0.2) is 8.42 Å². The monoisotopic (exact) mass is 469 g/mol. The highest BCUT2D eigenvalue weighted by atomic mass is 127. The van der Waals surface area contributed by atoms with Crippen LogP contribution < -0.4 is 10.6 Å². The van der Waals surface area contributed by atoms with Gasteiger partial charge in [0.25, 0.3) is 0 Å². The highest BCUT2D eigenvalue weighted by Crippen LogP contribution is 2.51. The standard InChI is InChI=1S/C15H23N3O2S2.HI/c1-16-14(17-10-11-22(2,19)20)18-12-15(8-9-15)21-13-6-4-3-5-7-13;/h3-7H,8-12H2,1-2H3,(H2,16,17,18);1H. The normalized spacial score (nSPS) is 16.3. The topological polar surface area (TPSA) is 70.6 Å². The van der Waals surface area contributed by atoms with Gasteiger partial charge in [-0.3, -0.25) is 4.99 Å². The number of halogens is 1. The van der Waals surface area contributed by atoms with Gasteiger partial charge in [0.05, 0.1) is 5.75 Å². The van der Waals surface area contributed by atoms with Crippen LogP contribution in [0.4, 0.5) is 0 Å². The molecule has 1 aromatic rings. The maximum absolute atomic E-state index is 11.1. The first kappa shape index (κ1) is 20.6. The Morgan fingerprint density at radius 1 is 1.26 bits per heavy atom. The Kier molecular flexibility index (Phi) is 8.15. The van der Waals surface area contributed by atoms with E-state index in [0.717, 1.165) is 6.54 Å². The Balaban J connectivity index is 0.00000264. The van der Waals surface area contributed by atoms with Gasteiger partial charge in [0.15, 0.2) is 5.96 Å². The molecular weight excluding hydrogens is 445 g/mol. The zero-order valence-corrected chi connectivity index (χ0v) is 17.4. The third kappa shape index (κ3) is 7.75. The van der Waals surface area contributed by atoms with Gasteiger partial charge in [0, 0.05) is 36.0 Å². The maximum Gasteiger partial charge on any atom is 0.191 e. The second-order valence-electron chi connectivity index (χ2n) is 5.58. The van der Waals surface area contributed by atoms with E-state index >= 15 is 0 Å². The molecule has 8 heteroatoms. The molecule has 0 aromatic heterocycles. The molecule has 1 aliphatic rings. The molecule has 5 nitrogen and oxygen atoms in total. The second kappa shape index (κ2) is 9.12. The van der Waals surface area contributed by atoms with Crippen LogP contribution in [0.15, 0.2) is 40.2 Å². The molecule has 0 spiro atoms. The molecule has 0 heterocycles. The zero-order chi connectivity index (χ0) is 16.1. The summed E-state index contributed by atoms with van der Waals surface area (Å²) < 4.78 is 22.5. The Labute approximate surface area is 160 Å². The fourth-order valence-corrected chi connectivity index (χ4v) is 3.73. The molecule has 1 aliphatic carbocycles. The summed E-state index contributed by atoms with van der Waals surface area (Å²) in [5, 5.41) is 6.34. The van der Waals surface area contributed by atoms with E-state index in [-0.39, 0.29) is 34.5 Å². The molecule has 2 N–H and O–H groups in total. The average Bonchev–Trinajstić information content (AvgIpc) is 3.22. The van der Waals surface area contributed by atoms with Crippen molar-refractivity contribution in [2.75, 3.05) is 32.1 Å². The molecular formula is C15H24IN3O2S2. The summed E-state index contributed by atoms with van der Waals surface area (Å²) in [6.07, 6.45) is 3.60. The quantitative estimate of drug-likeness (QED) is 0.364. The van der Waals surface area contributed by atoms with Crippen molar-refractivity contribution in [3.05, 3.63) is 30.3 Å². The highest BCUT2D eigenvalue weighted by Gasteiger charge is 2.43. The van der Waals surface area contributed by atoms with Gasteiger partial charge in [-0.1, -0.05) is 18.2 Å². The first-order chi connectivity index (χ1) is 10.4. The van der Waals surface area contributed by atoms with E-state index in [1.54, 1.807) is 7.05 Å². The lowest BCUT2D eigenvalue weighted by molar-refractivity contribution is 0.600. The molecule has 0 radical (unpaired) electrons. The van der Waals surface area contributed by atoms with E-state index in [9.17, 15) is 8.42 Å². The molecule has 0 atom stereocenters. The molecule has 2 rings (SSSR count). The van der Waals surface area contributed by atoms with E-state index in [2.05, 4.69) is 39.9 Å². The number of guanidine groups is 1. The first-order valence-electron chi connectivity index (χ1n) is 7.29. The number of aliphatic imine (C=N–C) groups is 1. The Morgan fingerprint density at radius 3 is 2.43 bits per heavy atom. The van der Waals surface area contributed by atoms with Gasteiger partial charge < -0.3 is 10.6 Å². The molecule has 23 heavy (non-hydrogen) atoms. The first-order valence-corrected chi connectivity index (χ1v) is 10.2.